The summed E-state index contributed by atoms with van der Waals surface area (Å²) in [5, 5.41) is 9.57. The largest absolute Gasteiger partial charge is 0.508 e. The molecule has 1 N–H and O–H groups in total. The number of phenolic OH excluding ortho intramolecular Hbond substituents is 1. The van der Waals surface area contributed by atoms with Crippen molar-refractivity contribution in [3.8, 4) is 11.5 Å². The maximum atomic E-state index is 12.4. The number of halogens is 1. The summed E-state index contributed by atoms with van der Waals surface area (Å²) in [4.78, 5) is 12.4. The summed E-state index contributed by atoms with van der Waals surface area (Å²) in [6, 6.07) is 10.6. The number of hydrogen-bond donors (Lipinski definition) is 1. The van der Waals surface area contributed by atoms with Crippen LogP contribution in [0.25, 0.3) is 6.08 Å². The van der Waals surface area contributed by atoms with Crippen LogP contribution in [-0.2, 0) is 0 Å². The van der Waals surface area contributed by atoms with Gasteiger partial charge in [0.05, 0.1) is 5.56 Å². The molecule has 0 radical (unpaired) electrons. The molecule has 0 aromatic heterocycles. The Hall–Kier alpha value is -2.07. The van der Waals surface area contributed by atoms with Crippen molar-refractivity contribution in [2.75, 3.05) is 0 Å². The van der Waals surface area contributed by atoms with Crippen molar-refractivity contribution >= 4 is 27.8 Å². The standard InChI is InChI=1S/C16H11BrO3/c1-9-6-11(18)8-13-15(9)16(19)14(20-13)7-10-4-2-3-5-12(10)17/h2-8,18H,1H3/b14-7-. The molecule has 0 atom stereocenters. The lowest BCUT2D eigenvalue weighted by Gasteiger charge is -2.01. The third kappa shape index (κ3) is 2.12. The van der Waals surface area contributed by atoms with Crippen molar-refractivity contribution in [2.24, 2.45) is 0 Å². The highest BCUT2D eigenvalue weighted by Crippen LogP contribution is 2.37. The van der Waals surface area contributed by atoms with E-state index in [1.54, 1.807) is 19.1 Å². The van der Waals surface area contributed by atoms with Gasteiger partial charge >= 0.3 is 0 Å². The van der Waals surface area contributed by atoms with E-state index in [2.05, 4.69) is 15.9 Å². The second-order valence-electron chi connectivity index (χ2n) is 4.60. The Morgan fingerprint density at radius 2 is 2.00 bits per heavy atom. The molecule has 1 heterocycles. The molecule has 0 unspecified atom stereocenters. The fourth-order valence-corrected chi connectivity index (χ4v) is 2.62. The van der Waals surface area contributed by atoms with Crippen molar-refractivity contribution < 1.29 is 14.6 Å². The molecule has 0 saturated carbocycles. The Morgan fingerprint density at radius 1 is 1.25 bits per heavy atom. The summed E-state index contributed by atoms with van der Waals surface area (Å²) in [5.74, 6) is 0.607. The van der Waals surface area contributed by atoms with Gasteiger partial charge in [-0.1, -0.05) is 34.1 Å². The van der Waals surface area contributed by atoms with E-state index in [4.69, 9.17) is 4.74 Å². The Morgan fingerprint density at radius 3 is 2.75 bits per heavy atom. The number of fused-ring (bicyclic) bond motifs is 1. The van der Waals surface area contributed by atoms with E-state index in [1.165, 1.54) is 6.07 Å². The van der Waals surface area contributed by atoms with Gasteiger partial charge in [-0.15, -0.1) is 0 Å². The number of Topliss-reactive ketones (excluding diaryl/α,β-unsaturated/α-hetero) is 1. The molecule has 3 nitrogen and oxygen atoms in total. The second-order valence-corrected chi connectivity index (χ2v) is 5.45. The number of rotatable bonds is 1. The Bertz CT molecular complexity index is 747. The molecule has 3 rings (SSSR count). The molecule has 100 valence electrons. The van der Waals surface area contributed by atoms with Crippen molar-refractivity contribution in [3.05, 3.63) is 63.3 Å². The fraction of sp³-hybridized carbons (Fsp3) is 0.0625. The lowest BCUT2D eigenvalue weighted by atomic mass is 10.0. The molecule has 2 aromatic rings. The number of ketones is 1. The maximum absolute atomic E-state index is 12.4. The number of aryl methyl sites for hydroxylation is 1. The summed E-state index contributed by atoms with van der Waals surface area (Å²) in [5.41, 5.74) is 2.09. The molecule has 20 heavy (non-hydrogen) atoms. The average Bonchev–Trinajstić information content (AvgIpc) is 2.69. The maximum Gasteiger partial charge on any atom is 0.232 e. The van der Waals surface area contributed by atoms with E-state index in [9.17, 15) is 9.90 Å². The van der Waals surface area contributed by atoms with E-state index in [0.717, 1.165) is 10.0 Å². The van der Waals surface area contributed by atoms with Crippen LogP contribution < -0.4 is 4.74 Å². The molecule has 4 heteroatoms. The number of ether oxygens (including phenoxy) is 1. The summed E-state index contributed by atoms with van der Waals surface area (Å²) < 4.78 is 6.46. The molecule has 1 aliphatic rings. The Labute approximate surface area is 124 Å². The normalized spacial score (nSPS) is 15.3. The molecule has 0 spiro atoms. The molecule has 1 aliphatic heterocycles. The van der Waals surface area contributed by atoms with Gasteiger partial charge in [0, 0.05) is 10.5 Å². The molecular formula is C16H11BrO3. The second kappa shape index (κ2) is 4.80. The first-order chi connectivity index (χ1) is 9.56. The third-order valence-electron chi connectivity index (χ3n) is 3.15. The van der Waals surface area contributed by atoms with Gasteiger partial charge in [-0.2, -0.15) is 0 Å². The molecule has 0 amide bonds. The van der Waals surface area contributed by atoms with Crippen molar-refractivity contribution in [1.29, 1.82) is 0 Å². The van der Waals surface area contributed by atoms with Gasteiger partial charge in [-0.3, -0.25) is 4.79 Å². The number of aromatic hydroxyl groups is 1. The number of carbonyl (C=O) groups excluding carboxylic acids is 1. The van der Waals surface area contributed by atoms with Gasteiger partial charge < -0.3 is 9.84 Å². The topological polar surface area (TPSA) is 46.5 Å². The van der Waals surface area contributed by atoms with E-state index in [1.807, 2.05) is 24.3 Å². The van der Waals surface area contributed by atoms with Gasteiger partial charge in [0.15, 0.2) is 5.76 Å². The first-order valence-electron chi connectivity index (χ1n) is 6.08. The number of phenols is 1. The van der Waals surface area contributed by atoms with Crippen LogP contribution >= 0.6 is 15.9 Å². The van der Waals surface area contributed by atoms with Crippen molar-refractivity contribution in [3.63, 3.8) is 0 Å². The van der Waals surface area contributed by atoms with Gasteiger partial charge in [-0.05, 0) is 36.3 Å². The minimum Gasteiger partial charge on any atom is -0.508 e. The predicted molar refractivity (Wildman–Crippen MR) is 79.9 cm³/mol. The minimum absolute atomic E-state index is 0.0937. The van der Waals surface area contributed by atoms with Gasteiger partial charge in [0.1, 0.15) is 11.5 Å². The highest BCUT2D eigenvalue weighted by atomic mass is 79.9. The first kappa shape index (κ1) is 12.9. The van der Waals surface area contributed by atoms with E-state index < -0.39 is 0 Å². The quantitative estimate of drug-likeness (QED) is 0.801. The average molecular weight is 331 g/mol. The van der Waals surface area contributed by atoms with Gasteiger partial charge in [0.25, 0.3) is 0 Å². The van der Waals surface area contributed by atoms with Crippen LogP contribution in [0.1, 0.15) is 21.5 Å². The predicted octanol–water partition coefficient (Wildman–Crippen LogP) is 4.08. The highest BCUT2D eigenvalue weighted by molar-refractivity contribution is 9.10. The lowest BCUT2D eigenvalue weighted by Crippen LogP contribution is -1.99. The van der Waals surface area contributed by atoms with E-state index in [-0.39, 0.29) is 17.3 Å². The SMILES string of the molecule is Cc1cc(O)cc2c1C(=O)/C(=C/c1ccccc1Br)O2. The number of carbonyl (C=O) groups is 1. The zero-order valence-electron chi connectivity index (χ0n) is 10.7. The van der Waals surface area contributed by atoms with Crippen LogP contribution in [0, 0.1) is 6.92 Å². The van der Waals surface area contributed by atoms with Crippen LogP contribution in [0.2, 0.25) is 0 Å². The number of hydrogen-bond acceptors (Lipinski definition) is 3. The summed E-state index contributed by atoms with van der Waals surface area (Å²) in [6.45, 7) is 1.78. The van der Waals surface area contributed by atoms with E-state index >= 15 is 0 Å². The zero-order valence-corrected chi connectivity index (χ0v) is 12.3. The van der Waals surface area contributed by atoms with Crippen LogP contribution in [0.5, 0.6) is 11.5 Å². The molecule has 0 saturated heterocycles. The Kier molecular flexibility index (Phi) is 3.10. The summed E-state index contributed by atoms with van der Waals surface area (Å²) in [7, 11) is 0. The summed E-state index contributed by atoms with van der Waals surface area (Å²) in [6.07, 6.45) is 1.70. The molecular weight excluding hydrogens is 320 g/mol. The lowest BCUT2D eigenvalue weighted by molar-refractivity contribution is 0.101. The third-order valence-corrected chi connectivity index (χ3v) is 3.87. The summed E-state index contributed by atoms with van der Waals surface area (Å²) >= 11 is 3.43. The van der Waals surface area contributed by atoms with Crippen molar-refractivity contribution in [1.82, 2.24) is 0 Å². The van der Waals surface area contributed by atoms with Crippen molar-refractivity contribution in [2.45, 2.75) is 6.92 Å². The zero-order chi connectivity index (χ0) is 14.3. The minimum atomic E-state index is -0.159. The van der Waals surface area contributed by atoms with Gasteiger partial charge in [0.2, 0.25) is 5.78 Å². The smallest absolute Gasteiger partial charge is 0.232 e. The van der Waals surface area contributed by atoms with Crippen LogP contribution in [0.4, 0.5) is 0 Å². The number of benzene rings is 2. The monoisotopic (exact) mass is 330 g/mol. The van der Waals surface area contributed by atoms with Crippen LogP contribution in [0.3, 0.4) is 0 Å². The Balaban J connectivity index is 2.07. The first-order valence-corrected chi connectivity index (χ1v) is 6.88. The highest BCUT2D eigenvalue weighted by Gasteiger charge is 2.29. The molecule has 2 aromatic carbocycles. The number of allylic oxidation sites excluding steroid dienone is 1. The fourth-order valence-electron chi connectivity index (χ4n) is 2.22. The molecule has 0 bridgehead atoms. The van der Waals surface area contributed by atoms with Crippen LogP contribution in [0.15, 0.2) is 46.6 Å². The van der Waals surface area contributed by atoms with E-state index in [0.29, 0.717) is 16.9 Å². The van der Waals surface area contributed by atoms with Crippen LogP contribution in [-0.4, -0.2) is 10.9 Å². The van der Waals surface area contributed by atoms with Gasteiger partial charge in [-0.25, -0.2) is 0 Å². The molecule has 0 aliphatic carbocycles. The molecule has 0 fully saturated rings.